The Hall–Kier alpha value is -2.24. The van der Waals surface area contributed by atoms with E-state index in [1.807, 2.05) is 0 Å². The van der Waals surface area contributed by atoms with Crippen LogP contribution < -0.4 is 5.32 Å². The standard InChI is InChI=1S/C17H19FN2O3/c18-13-8-4-7-12-15(13)17(23)20(16(12)22)10-9-14(21)19-11-5-2-1-3-6-11/h4,7-8,11H,1-3,5-6,9-10H2,(H,19,21). The highest BCUT2D eigenvalue weighted by Crippen LogP contribution is 2.25. The second-order valence-corrected chi connectivity index (χ2v) is 6.08. The molecule has 0 spiro atoms. The summed E-state index contributed by atoms with van der Waals surface area (Å²) in [7, 11) is 0. The SMILES string of the molecule is O=C(CCN1C(=O)c2cccc(F)c2C1=O)NC1CCCCC1. The fourth-order valence-electron chi connectivity index (χ4n) is 3.26. The number of fused-ring (bicyclic) bond motifs is 1. The first-order chi connectivity index (χ1) is 11.1. The number of amides is 3. The van der Waals surface area contributed by atoms with Crippen LogP contribution in [-0.2, 0) is 4.79 Å². The van der Waals surface area contributed by atoms with Crippen LogP contribution in [0.25, 0.3) is 0 Å². The highest BCUT2D eigenvalue weighted by molar-refractivity contribution is 6.21. The Bertz CT molecular complexity index is 653. The molecule has 1 aromatic carbocycles. The summed E-state index contributed by atoms with van der Waals surface area (Å²) in [4.78, 5) is 37.3. The third-order valence-electron chi connectivity index (χ3n) is 4.48. The molecule has 6 heteroatoms. The van der Waals surface area contributed by atoms with Crippen molar-refractivity contribution in [3.63, 3.8) is 0 Å². The maximum atomic E-state index is 13.7. The molecule has 0 radical (unpaired) electrons. The molecule has 1 aromatic rings. The first-order valence-electron chi connectivity index (χ1n) is 8.02. The van der Waals surface area contributed by atoms with Crippen molar-refractivity contribution in [2.75, 3.05) is 6.54 Å². The fourth-order valence-corrected chi connectivity index (χ4v) is 3.26. The summed E-state index contributed by atoms with van der Waals surface area (Å²) in [6.07, 6.45) is 5.43. The number of carbonyl (C=O) groups excluding carboxylic acids is 3. The van der Waals surface area contributed by atoms with Gasteiger partial charge < -0.3 is 5.32 Å². The molecule has 1 saturated carbocycles. The fraction of sp³-hybridized carbons (Fsp3) is 0.471. The van der Waals surface area contributed by atoms with E-state index in [1.165, 1.54) is 18.6 Å². The molecule has 0 saturated heterocycles. The molecule has 1 fully saturated rings. The molecule has 122 valence electrons. The maximum absolute atomic E-state index is 13.7. The van der Waals surface area contributed by atoms with E-state index < -0.39 is 17.6 Å². The lowest BCUT2D eigenvalue weighted by atomic mass is 9.95. The van der Waals surface area contributed by atoms with Gasteiger partial charge in [-0.3, -0.25) is 19.3 Å². The van der Waals surface area contributed by atoms with Crippen molar-refractivity contribution in [3.05, 3.63) is 35.1 Å². The summed E-state index contributed by atoms with van der Waals surface area (Å²) >= 11 is 0. The molecule has 1 heterocycles. The van der Waals surface area contributed by atoms with Gasteiger partial charge in [-0.15, -0.1) is 0 Å². The monoisotopic (exact) mass is 318 g/mol. The summed E-state index contributed by atoms with van der Waals surface area (Å²) in [6, 6.07) is 4.18. The van der Waals surface area contributed by atoms with Crippen LogP contribution in [0.4, 0.5) is 4.39 Å². The van der Waals surface area contributed by atoms with Crippen LogP contribution in [0.5, 0.6) is 0 Å². The van der Waals surface area contributed by atoms with Crippen LogP contribution in [0.3, 0.4) is 0 Å². The van der Waals surface area contributed by atoms with Crippen molar-refractivity contribution in [1.82, 2.24) is 10.2 Å². The van der Waals surface area contributed by atoms with Crippen LogP contribution in [0, 0.1) is 5.82 Å². The van der Waals surface area contributed by atoms with Gasteiger partial charge in [-0.2, -0.15) is 0 Å². The molecule has 0 unspecified atom stereocenters. The Morgan fingerprint density at radius 1 is 1.17 bits per heavy atom. The van der Waals surface area contributed by atoms with Crippen molar-refractivity contribution in [2.24, 2.45) is 0 Å². The van der Waals surface area contributed by atoms with Crippen molar-refractivity contribution < 1.29 is 18.8 Å². The Labute approximate surface area is 133 Å². The minimum Gasteiger partial charge on any atom is -0.353 e. The van der Waals surface area contributed by atoms with Crippen molar-refractivity contribution in [1.29, 1.82) is 0 Å². The Morgan fingerprint density at radius 3 is 2.61 bits per heavy atom. The third-order valence-corrected chi connectivity index (χ3v) is 4.48. The molecule has 1 aliphatic heterocycles. The molecule has 0 atom stereocenters. The molecule has 3 rings (SSSR count). The van der Waals surface area contributed by atoms with Crippen LogP contribution in [0.1, 0.15) is 59.2 Å². The molecule has 2 aliphatic rings. The lowest BCUT2D eigenvalue weighted by molar-refractivity contribution is -0.122. The molecular weight excluding hydrogens is 299 g/mol. The van der Waals surface area contributed by atoms with E-state index in [-0.39, 0.29) is 36.0 Å². The van der Waals surface area contributed by atoms with Gasteiger partial charge in [0.25, 0.3) is 11.8 Å². The van der Waals surface area contributed by atoms with Gasteiger partial charge in [-0.05, 0) is 25.0 Å². The molecule has 0 aromatic heterocycles. The molecule has 5 nitrogen and oxygen atoms in total. The van der Waals surface area contributed by atoms with Gasteiger partial charge >= 0.3 is 0 Å². The van der Waals surface area contributed by atoms with Gasteiger partial charge in [0.15, 0.2) is 0 Å². The zero-order valence-electron chi connectivity index (χ0n) is 12.8. The number of nitrogens with zero attached hydrogens (tertiary/aromatic N) is 1. The maximum Gasteiger partial charge on any atom is 0.264 e. The Kier molecular flexibility index (Phi) is 4.41. The van der Waals surface area contributed by atoms with Gasteiger partial charge in [0.2, 0.25) is 5.91 Å². The van der Waals surface area contributed by atoms with E-state index in [0.29, 0.717) is 0 Å². The normalized spacial score (nSPS) is 18.2. The molecule has 0 bridgehead atoms. The molecule has 23 heavy (non-hydrogen) atoms. The van der Waals surface area contributed by atoms with E-state index in [2.05, 4.69) is 5.32 Å². The van der Waals surface area contributed by atoms with Crippen LogP contribution in [0.15, 0.2) is 18.2 Å². The highest BCUT2D eigenvalue weighted by Gasteiger charge is 2.37. The zero-order chi connectivity index (χ0) is 16.4. The van der Waals surface area contributed by atoms with E-state index in [9.17, 15) is 18.8 Å². The number of hydrogen-bond acceptors (Lipinski definition) is 3. The van der Waals surface area contributed by atoms with Gasteiger partial charge in [0.05, 0.1) is 11.1 Å². The molecule has 1 N–H and O–H groups in total. The zero-order valence-corrected chi connectivity index (χ0v) is 12.8. The van der Waals surface area contributed by atoms with Crippen LogP contribution in [-0.4, -0.2) is 35.2 Å². The summed E-state index contributed by atoms with van der Waals surface area (Å²) in [6.45, 7) is -0.0235. The van der Waals surface area contributed by atoms with Crippen molar-refractivity contribution >= 4 is 17.7 Å². The Balaban J connectivity index is 1.59. The first-order valence-corrected chi connectivity index (χ1v) is 8.02. The Morgan fingerprint density at radius 2 is 1.91 bits per heavy atom. The van der Waals surface area contributed by atoms with Gasteiger partial charge in [-0.25, -0.2) is 4.39 Å². The average molecular weight is 318 g/mol. The van der Waals surface area contributed by atoms with Gasteiger partial charge in [-0.1, -0.05) is 25.3 Å². The summed E-state index contributed by atoms with van der Waals surface area (Å²) < 4.78 is 13.7. The second-order valence-electron chi connectivity index (χ2n) is 6.08. The smallest absolute Gasteiger partial charge is 0.264 e. The molecule has 3 amide bonds. The van der Waals surface area contributed by atoms with Crippen molar-refractivity contribution in [2.45, 2.75) is 44.6 Å². The second kappa shape index (κ2) is 6.48. The third kappa shape index (κ3) is 3.11. The largest absolute Gasteiger partial charge is 0.353 e. The number of hydrogen-bond donors (Lipinski definition) is 1. The minimum absolute atomic E-state index is 0.0235. The number of imide groups is 1. The number of nitrogens with one attached hydrogen (secondary N) is 1. The number of carbonyl (C=O) groups is 3. The van der Waals surface area contributed by atoms with Gasteiger partial charge in [0, 0.05) is 19.0 Å². The van der Waals surface area contributed by atoms with Crippen LogP contribution in [0.2, 0.25) is 0 Å². The minimum atomic E-state index is -0.699. The first kappa shape index (κ1) is 15.6. The summed E-state index contributed by atoms with van der Waals surface area (Å²) in [5.41, 5.74) is -0.118. The number of rotatable bonds is 4. The summed E-state index contributed by atoms with van der Waals surface area (Å²) in [5.74, 6) is -2.06. The van der Waals surface area contributed by atoms with Gasteiger partial charge in [0.1, 0.15) is 5.82 Å². The quantitative estimate of drug-likeness (QED) is 0.866. The average Bonchev–Trinajstić information content (AvgIpc) is 2.79. The predicted molar refractivity (Wildman–Crippen MR) is 81.4 cm³/mol. The van der Waals surface area contributed by atoms with E-state index in [4.69, 9.17) is 0 Å². The van der Waals surface area contributed by atoms with Crippen molar-refractivity contribution in [3.8, 4) is 0 Å². The van der Waals surface area contributed by atoms with E-state index in [0.717, 1.165) is 36.6 Å². The lowest BCUT2D eigenvalue weighted by Crippen LogP contribution is -2.39. The van der Waals surface area contributed by atoms with E-state index >= 15 is 0 Å². The number of halogens is 1. The predicted octanol–water partition coefficient (Wildman–Crippen LogP) is 2.26. The summed E-state index contributed by atoms with van der Waals surface area (Å²) in [5, 5.41) is 2.94. The highest BCUT2D eigenvalue weighted by atomic mass is 19.1. The molecular formula is C17H19FN2O3. The topological polar surface area (TPSA) is 66.5 Å². The van der Waals surface area contributed by atoms with Crippen LogP contribution >= 0.6 is 0 Å². The van der Waals surface area contributed by atoms with E-state index in [1.54, 1.807) is 0 Å². The number of benzene rings is 1. The molecule has 1 aliphatic carbocycles. The lowest BCUT2D eigenvalue weighted by Gasteiger charge is -2.23.